The Labute approximate surface area is 161 Å². The van der Waals surface area contributed by atoms with Gasteiger partial charge >= 0.3 is 6.03 Å². The fourth-order valence-corrected chi connectivity index (χ4v) is 5.58. The number of amides is 2. The van der Waals surface area contributed by atoms with Gasteiger partial charge in [-0.3, -0.25) is 0 Å². The van der Waals surface area contributed by atoms with E-state index in [-0.39, 0.29) is 24.2 Å². The van der Waals surface area contributed by atoms with Crippen LogP contribution in [0.25, 0.3) is 0 Å². The highest BCUT2D eigenvalue weighted by atomic mass is 32.2. The Bertz CT molecular complexity index is 737. The van der Waals surface area contributed by atoms with Gasteiger partial charge in [0, 0.05) is 23.8 Å². The molecular formula is C19H29N3O4S. The average molecular weight is 396 g/mol. The van der Waals surface area contributed by atoms with Crippen molar-refractivity contribution >= 4 is 21.7 Å². The smallest absolute Gasteiger partial charge is 0.319 e. The number of nitrogens with zero attached hydrogens (tertiary/aromatic N) is 1. The van der Waals surface area contributed by atoms with Gasteiger partial charge in [-0.1, -0.05) is 13.3 Å². The third-order valence-electron chi connectivity index (χ3n) is 5.26. The number of sulfonamides is 1. The highest BCUT2D eigenvalue weighted by Crippen LogP contribution is 2.37. The third kappa shape index (κ3) is 5.13. The molecule has 0 saturated carbocycles. The first-order valence-corrected chi connectivity index (χ1v) is 11.5. The summed E-state index contributed by atoms with van der Waals surface area (Å²) in [6.45, 7) is 2.81. The second-order valence-corrected chi connectivity index (χ2v) is 9.36. The highest BCUT2D eigenvalue weighted by molar-refractivity contribution is 7.88. The van der Waals surface area contributed by atoms with Crippen LogP contribution < -0.4 is 15.4 Å². The number of urea groups is 1. The van der Waals surface area contributed by atoms with Gasteiger partial charge in [-0.15, -0.1) is 0 Å². The van der Waals surface area contributed by atoms with Crippen LogP contribution in [-0.2, 0) is 10.0 Å². The average Bonchev–Trinajstić information content (AvgIpc) is 2.89. The molecule has 0 aliphatic carbocycles. The van der Waals surface area contributed by atoms with Crippen LogP contribution in [0, 0.1) is 0 Å². The molecule has 2 N–H and O–H groups in total. The molecule has 2 amide bonds. The van der Waals surface area contributed by atoms with Crippen molar-refractivity contribution in [1.82, 2.24) is 9.62 Å². The summed E-state index contributed by atoms with van der Waals surface area (Å²) in [6.07, 6.45) is 6.46. The van der Waals surface area contributed by atoms with Gasteiger partial charge < -0.3 is 15.4 Å². The Morgan fingerprint density at radius 1 is 1.19 bits per heavy atom. The summed E-state index contributed by atoms with van der Waals surface area (Å²) < 4.78 is 31.1. The summed E-state index contributed by atoms with van der Waals surface area (Å²) in [5.74, 6) is 0.791. The number of unbranched alkanes of at least 4 members (excludes halogenated alkanes) is 1. The minimum Gasteiger partial charge on any atom is -0.494 e. The van der Waals surface area contributed by atoms with Crippen molar-refractivity contribution in [1.29, 1.82) is 0 Å². The van der Waals surface area contributed by atoms with Crippen molar-refractivity contribution in [3.05, 3.63) is 24.3 Å². The first kappa shape index (κ1) is 19.9. The molecule has 2 saturated heterocycles. The topological polar surface area (TPSA) is 87.7 Å². The molecule has 2 bridgehead atoms. The van der Waals surface area contributed by atoms with Gasteiger partial charge in [-0.2, -0.15) is 4.31 Å². The Morgan fingerprint density at radius 2 is 1.81 bits per heavy atom. The monoisotopic (exact) mass is 395 g/mol. The summed E-state index contributed by atoms with van der Waals surface area (Å²) in [4.78, 5) is 12.3. The molecule has 27 heavy (non-hydrogen) atoms. The predicted octanol–water partition coefficient (Wildman–Crippen LogP) is 2.94. The minimum absolute atomic E-state index is 0.00264. The summed E-state index contributed by atoms with van der Waals surface area (Å²) in [6, 6.07) is 7.07. The number of carbonyl (C=O) groups excluding carboxylic acids is 1. The van der Waals surface area contributed by atoms with Gasteiger partial charge in [0.15, 0.2) is 0 Å². The van der Waals surface area contributed by atoms with Crippen molar-refractivity contribution < 1.29 is 17.9 Å². The number of hydrogen-bond acceptors (Lipinski definition) is 4. The van der Waals surface area contributed by atoms with E-state index in [4.69, 9.17) is 4.74 Å². The molecule has 0 aromatic heterocycles. The number of nitrogens with one attached hydrogen (secondary N) is 2. The van der Waals surface area contributed by atoms with Crippen LogP contribution in [0.3, 0.4) is 0 Å². The van der Waals surface area contributed by atoms with Crippen LogP contribution in [0.2, 0.25) is 0 Å². The number of rotatable bonds is 7. The SMILES string of the molecule is CCCCOc1ccc(NC(=O)NC2CC3CCC(C2)N3S(C)(=O)=O)cc1. The molecule has 2 fully saturated rings. The van der Waals surface area contributed by atoms with E-state index in [0.29, 0.717) is 25.1 Å². The maximum absolute atomic E-state index is 12.3. The van der Waals surface area contributed by atoms with Crippen LogP contribution in [0.1, 0.15) is 45.4 Å². The molecule has 1 aromatic rings. The van der Waals surface area contributed by atoms with E-state index >= 15 is 0 Å². The van der Waals surface area contributed by atoms with Crippen LogP contribution >= 0.6 is 0 Å². The van der Waals surface area contributed by atoms with Crippen molar-refractivity contribution in [2.45, 2.75) is 63.6 Å². The van der Waals surface area contributed by atoms with E-state index in [0.717, 1.165) is 31.4 Å². The quantitative estimate of drug-likeness (QED) is 0.695. The molecule has 7 nitrogen and oxygen atoms in total. The van der Waals surface area contributed by atoms with Gasteiger partial charge in [0.05, 0.1) is 12.9 Å². The molecular weight excluding hydrogens is 366 g/mol. The summed E-state index contributed by atoms with van der Waals surface area (Å²) in [7, 11) is -3.18. The first-order chi connectivity index (χ1) is 12.9. The second-order valence-electron chi connectivity index (χ2n) is 7.47. The van der Waals surface area contributed by atoms with Gasteiger partial charge in [0.2, 0.25) is 10.0 Å². The van der Waals surface area contributed by atoms with E-state index in [1.165, 1.54) is 6.26 Å². The fraction of sp³-hybridized carbons (Fsp3) is 0.632. The van der Waals surface area contributed by atoms with Gasteiger partial charge in [0.1, 0.15) is 5.75 Å². The molecule has 8 heteroatoms. The molecule has 2 heterocycles. The third-order valence-corrected chi connectivity index (χ3v) is 6.63. The van der Waals surface area contributed by atoms with Crippen molar-refractivity contribution in [3.63, 3.8) is 0 Å². The van der Waals surface area contributed by atoms with Gasteiger partial charge in [0.25, 0.3) is 0 Å². The fourth-order valence-electron chi connectivity index (χ4n) is 4.11. The molecule has 2 atom stereocenters. The second kappa shape index (κ2) is 8.48. The number of fused-ring (bicyclic) bond motifs is 2. The van der Waals surface area contributed by atoms with E-state index < -0.39 is 10.0 Å². The molecule has 0 spiro atoms. The summed E-state index contributed by atoms with van der Waals surface area (Å²) >= 11 is 0. The molecule has 1 aromatic carbocycles. The lowest BCUT2D eigenvalue weighted by Gasteiger charge is -2.37. The Hall–Kier alpha value is -1.80. The van der Waals surface area contributed by atoms with E-state index in [9.17, 15) is 13.2 Å². The lowest BCUT2D eigenvalue weighted by Crippen LogP contribution is -2.52. The normalized spacial score (nSPS) is 25.2. The number of piperidine rings is 1. The lowest BCUT2D eigenvalue weighted by atomic mass is 10.00. The summed E-state index contributed by atoms with van der Waals surface area (Å²) in [5.41, 5.74) is 0.701. The minimum atomic E-state index is -3.18. The number of hydrogen-bond donors (Lipinski definition) is 2. The van der Waals surface area contributed by atoms with Gasteiger partial charge in [-0.25, -0.2) is 13.2 Å². The number of benzene rings is 1. The molecule has 2 aliphatic heterocycles. The van der Waals surface area contributed by atoms with Crippen LogP contribution in [-0.4, -0.2) is 49.7 Å². The number of carbonyl (C=O) groups is 1. The van der Waals surface area contributed by atoms with Crippen molar-refractivity contribution in [2.24, 2.45) is 0 Å². The Kier molecular flexibility index (Phi) is 6.26. The molecule has 0 radical (unpaired) electrons. The molecule has 2 aliphatic rings. The largest absolute Gasteiger partial charge is 0.494 e. The number of ether oxygens (including phenoxy) is 1. The molecule has 2 unspecified atom stereocenters. The number of anilines is 1. The molecule has 3 rings (SSSR count). The predicted molar refractivity (Wildman–Crippen MR) is 106 cm³/mol. The van der Waals surface area contributed by atoms with E-state index in [2.05, 4.69) is 17.6 Å². The van der Waals surface area contributed by atoms with Crippen LogP contribution in [0.5, 0.6) is 5.75 Å². The maximum atomic E-state index is 12.3. The first-order valence-electron chi connectivity index (χ1n) is 9.65. The molecule has 150 valence electrons. The Balaban J connectivity index is 1.49. The van der Waals surface area contributed by atoms with Crippen molar-refractivity contribution in [3.8, 4) is 5.75 Å². The van der Waals surface area contributed by atoms with Crippen molar-refractivity contribution in [2.75, 3.05) is 18.2 Å². The van der Waals surface area contributed by atoms with E-state index in [1.54, 1.807) is 4.31 Å². The summed E-state index contributed by atoms with van der Waals surface area (Å²) in [5, 5.41) is 5.83. The van der Waals surface area contributed by atoms with E-state index in [1.807, 2.05) is 24.3 Å². The maximum Gasteiger partial charge on any atom is 0.319 e. The van der Waals surface area contributed by atoms with Gasteiger partial charge in [-0.05, 0) is 56.4 Å². The van der Waals surface area contributed by atoms with Crippen LogP contribution in [0.15, 0.2) is 24.3 Å². The zero-order valence-corrected chi connectivity index (χ0v) is 16.8. The highest BCUT2D eigenvalue weighted by Gasteiger charge is 2.45. The van der Waals surface area contributed by atoms with Crippen LogP contribution in [0.4, 0.5) is 10.5 Å². The lowest BCUT2D eigenvalue weighted by molar-refractivity contribution is 0.204. The zero-order valence-electron chi connectivity index (χ0n) is 16.0. The Morgan fingerprint density at radius 3 is 2.37 bits per heavy atom. The zero-order chi connectivity index (χ0) is 19.4. The standard InChI is InChI=1S/C19H29N3O4S/c1-3-4-11-26-18-9-5-14(6-10-18)20-19(23)21-15-12-16-7-8-17(13-15)22(16)27(2,24)25/h5-6,9-10,15-17H,3-4,7-8,11-13H2,1-2H3,(H2,20,21,23).